The van der Waals surface area contributed by atoms with Gasteiger partial charge in [0.05, 0.1) is 18.8 Å². The smallest absolute Gasteiger partial charge is 0.410 e. The molecule has 2 amide bonds. The zero-order valence-corrected chi connectivity index (χ0v) is 23.7. The number of rotatable bonds is 6. The lowest BCUT2D eigenvalue weighted by atomic mass is 10.1. The van der Waals surface area contributed by atoms with Crippen LogP contribution in [0.2, 0.25) is 0 Å². The summed E-state index contributed by atoms with van der Waals surface area (Å²) in [6, 6.07) is 7.61. The van der Waals surface area contributed by atoms with Gasteiger partial charge < -0.3 is 15.4 Å². The highest BCUT2D eigenvalue weighted by Gasteiger charge is 2.31. The van der Waals surface area contributed by atoms with Crippen LogP contribution in [-0.2, 0) is 42.1 Å². The molecule has 1 unspecified atom stereocenters. The first-order valence-electron chi connectivity index (χ1n) is 13.6. The van der Waals surface area contributed by atoms with Gasteiger partial charge in [-0.05, 0) is 70.2 Å². The Labute approximate surface area is 233 Å². The molecule has 0 saturated heterocycles. The zero-order chi connectivity index (χ0) is 28.6. The van der Waals surface area contributed by atoms with Crippen LogP contribution in [0.3, 0.4) is 0 Å². The highest BCUT2D eigenvalue weighted by Crippen LogP contribution is 2.26. The molecule has 3 aromatic rings. The number of fused-ring (bicyclic) bond motifs is 2. The average molecular weight is 545 g/mol. The highest BCUT2D eigenvalue weighted by molar-refractivity contribution is 5.81. The summed E-state index contributed by atoms with van der Waals surface area (Å²) in [5.41, 5.74) is 5.87. The number of aromatic nitrogens is 3. The molecule has 5 rings (SSSR count). The molecule has 0 spiro atoms. The maximum absolute atomic E-state index is 13.3. The van der Waals surface area contributed by atoms with Crippen molar-refractivity contribution in [2.45, 2.75) is 85.3 Å². The third kappa shape index (κ3) is 6.00. The molecule has 10 heteroatoms. The summed E-state index contributed by atoms with van der Waals surface area (Å²) in [6.07, 6.45) is 4.17. The number of amides is 2. The van der Waals surface area contributed by atoms with E-state index < -0.39 is 11.6 Å². The lowest BCUT2D eigenvalue weighted by Crippen LogP contribution is -2.36. The van der Waals surface area contributed by atoms with Gasteiger partial charge in [-0.25, -0.2) is 9.78 Å². The number of aryl methyl sites for hydroxylation is 3. The van der Waals surface area contributed by atoms with Gasteiger partial charge in [-0.2, -0.15) is 0 Å². The second-order valence-electron chi connectivity index (χ2n) is 11.7. The van der Waals surface area contributed by atoms with E-state index in [9.17, 15) is 14.4 Å². The molecular weight excluding hydrogens is 508 g/mol. The van der Waals surface area contributed by atoms with Crippen LogP contribution in [-0.4, -0.2) is 37.0 Å². The minimum Gasteiger partial charge on any atom is -0.444 e. The predicted octanol–water partition coefficient (Wildman–Crippen LogP) is 3.92. The second-order valence-corrected chi connectivity index (χ2v) is 11.7. The number of ether oxygens (including phenoxy) is 1. The molecule has 0 saturated carbocycles. The van der Waals surface area contributed by atoms with Gasteiger partial charge in [0, 0.05) is 31.2 Å². The van der Waals surface area contributed by atoms with Crippen molar-refractivity contribution in [1.82, 2.24) is 24.8 Å². The van der Waals surface area contributed by atoms with Crippen LogP contribution in [0.1, 0.15) is 72.4 Å². The summed E-state index contributed by atoms with van der Waals surface area (Å²) >= 11 is 0. The lowest BCUT2D eigenvalue weighted by molar-refractivity contribution is -0.124. The van der Waals surface area contributed by atoms with Crippen molar-refractivity contribution in [2.75, 3.05) is 5.32 Å². The van der Waals surface area contributed by atoms with E-state index >= 15 is 0 Å². The van der Waals surface area contributed by atoms with Gasteiger partial charge in [-0.3, -0.25) is 24.0 Å². The van der Waals surface area contributed by atoms with Crippen LogP contribution in [0.25, 0.3) is 0 Å². The molecular formula is C30H36N6O4. The predicted molar refractivity (Wildman–Crippen MR) is 151 cm³/mol. The van der Waals surface area contributed by atoms with Gasteiger partial charge in [-0.15, -0.1) is 0 Å². The summed E-state index contributed by atoms with van der Waals surface area (Å²) < 4.78 is 7.04. The lowest BCUT2D eigenvalue weighted by Gasteiger charge is -2.23. The Hall–Kier alpha value is -4.21. The molecule has 0 aliphatic carbocycles. The normalized spacial score (nSPS) is 15.9. The maximum Gasteiger partial charge on any atom is 0.410 e. The van der Waals surface area contributed by atoms with Crippen molar-refractivity contribution in [3.8, 4) is 0 Å². The first-order chi connectivity index (χ1) is 19.0. The van der Waals surface area contributed by atoms with E-state index in [0.29, 0.717) is 32.5 Å². The van der Waals surface area contributed by atoms with Crippen molar-refractivity contribution in [1.29, 1.82) is 0 Å². The molecule has 210 valence electrons. The number of carbonyl (C=O) groups is 2. The quantitative estimate of drug-likeness (QED) is 0.483. The number of nitrogens with zero attached hydrogens (tertiary/aromatic N) is 4. The molecule has 0 radical (unpaired) electrons. The van der Waals surface area contributed by atoms with Crippen LogP contribution in [0.5, 0.6) is 0 Å². The van der Waals surface area contributed by atoms with Gasteiger partial charge >= 0.3 is 6.09 Å². The van der Waals surface area contributed by atoms with Gasteiger partial charge in [0.1, 0.15) is 11.6 Å². The SMILES string of the molecule is Cc1cc(C)cc(CNc2ncc3n(c2=O)C(C(=O)NCc2cnc4c(c2)CN(C(=O)OC(C)(C)C)C4)CC3)c1. The van der Waals surface area contributed by atoms with E-state index in [0.717, 1.165) is 39.2 Å². The molecule has 4 heterocycles. The Morgan fingerprint density at radius 2 is 1.75 bits per heavy atom. The first kappa shape index (κ1) is 27.4. The van der Waals surface area contributed by atoms with Crippen molar-refractivity contribution >= 4 is 17.8 Å². The largest absolute Gasteiger partial charge is 0.444 e. The Morgan fingerprint density at radius 1 is 1.00 bits per heavy atom. The van der Waals surface area contributed by atoms with Crippen molar-refractivity contribution in [3.63, 3.8) is 0 Å². The molecule has 2 aliphatic heterocycles. The monoisotopic (exact) mass is 544 g/mol. The van der Waals surface area contributed by atoms with E-state index in [-0.39, 0.29) is 29.9 Å². The second kappa shape index (κ2) is 10.7. The third-order valence-electron chi connectivity index (χ3n) is 7.04. The number of carbonyl (C=O) groups excluding carboxylic acids is 2. The molecule has 0 bridgehead atoms. The zero-order valence-electron chi connectivity index (χ0n) is 23.7. The van der Waals surface area contributed by atoms with Gasteiger partial charge in [0.25, 0.3) is 5.56 Å². The van der Waals surface area contributed by atoms with E-state index in [1.54, 1.807) is 21.9 Å². The van der Waals surface area contributed by atoms with Gasteiger partial charge in [-0.1, -0.05) is 29.3 Å². The summed E-state index contributed by atoms with van der Waals surface area (Å²) in [4.78, 5) is 49.4. The number of benzene rings is 1. The number of pyridine rings is 1. The van der Waals surface area contributed by atoms with Crippen LogP contribution in [0.4, 0.5) is 10.6 Å². The van der Waals surface area contributed by atoms with E-state index in [1.165, 1.54) is 0 Å². The molecule has 1 atom stereocenters. The number of nitrogens with one attached hydrogen (secondary N) is 2. The molecule has 2 aliphatic rings. The van der Waals surface area contributed by atoms with Crippen LogP contribution in [0, 0.1) is 13.8 Å². The molecule has 10 nitrogen and oxygen atoms in total. The fourth-order valence-electron chi connectivity index (χ4n) is 5.34. The topological polar surface area (TPSA) is 118 Å². The standard InChI is InChI=1S/C30H36N6O4/c1-18-8-19(2)10-20(9-18)12-32-26-28(38)36-23(15-33-26)6-7-25(36)27(37)34-14-21-11-22-16-35(17-24(22)31-13-21)29(39)40-30(3,4)5/h8-11,13,15,25H,6-7,12,14,16-17H2,1-5H3,(H,32,33)(H,34,37). The number of anilines is 1. The first-order valence-corrected chi connectivity index (χ1v) is 13.6. The summed E-state index contributed by atoms with van der Waals surface area (Å²) in [5.74, 6) is 0.0168. The molecule has 0 fully saturated rings. The minimum absolute atomic E-state index is 0.219. The van der Waals surface area contributed by atoms with Crippen molar-refractivity contribution in [3.05, 3.63) is 86.2 Å². The van der Waals surface area contributed by atoms with Crippen molar-refractivity contribution < 1.29 is 14.3 Å². The van der Waals surface area contributed by atoms with E-state index in [4.69, 9.17) is 4.74 Å². The Bertz CT molecular complexity index is 1500. The fraction of sp³-hybridized carbons (Fsp3) is 0.433. The minimum atomic E-state index is -0.600. The van der Waals surface area contributed by atoms with Crippen LogP contribution in [0.15, 0.2) is 41.5 Å². The summed E-state index contributed by atoms with van der Waals surface area (Å²) in [7, 11) is 0. The third-order valence-corrected chi connectivity index (χ3v) is 7.04. The Balaban J connectivity index is 1.22. The van der Waals surface area contributed by atoms with Gasteiger partial charge in [0.15, 0.2) is 5.82 Å². The van der Waals surface area contributed by atoms with E-state index in [1.807, 2.05) is 40.7 Å². The number of hydrogen-bond acceptors (Lipinski definition) is 7. The fourth-order valence-corrected chi connectivity index (χ4v) is 5.34. The highest BCUT2D eigenvalue weighted by atomic mass is 16.6. The molecule has 40 heavy (non-hydrogen) atoms. The maximum atomic E-state index is 13.3. The summed E-state index contributed by atoms with van der Waals surface area (Å²) in [5, 5.41) is 6.13. The van der Waals surface area contributed by atoms with Crippen LogP contribution < -0.4 is 16.2 Å². The Kier molecular flexibility index (Phi) is 7.35. The average Bonchev–Trinajstić information content (AvgIpc) is 3.50. The van der Waals surface area contributed by atoms with Crippen LogP contribution >= 0.6 is 0 Å². The van der Waals surface area contributed by atoms with Crippen molar-refractivity contribution in [2.24, 2.45) is 0 Å². The summed E-state index contributed by atoms with van der Waals surface area (Å²) in [6.45, 7) is 11.1. The Morgan fingerprint density at radius 3 is 2.48 bits per heavy atom. The molecule has 2 aromatic heterocycles. The van der Waals surface area contributed by atoms with Gasteiger partial charge in [0.2, 0.25) is 5.91 Å². The van der Waals surface area contributed by atoms with E-state index in [2.05, 4.69) is 38.8 Å². The molecule has 1 aromatic carbocycles. The number of hydrogen-bond donors (Lipinski definition) is 2. The molecule has 2 N–H and O–H groups in total.